The van der Waals surface area contributed by atoms with Crippen molar-refractivity contribution in [2.24, 2.45) is 0 Å². The summed E-state index contributed by atoms with van der Waals surface area (Å²) in [7, 11) is 0. The maximum atomic E-state index is 3.66. The Bertz CT molecular complexity index is 630. The third-order valence-corrected chi connectivity index (χ3v) is 4.80. The van der Waals surface area contributed by atoms with Crippen LogP contribution in [0.25, 0.3) is 0 Å². The van der Waals surface area contributed by atoms with Gasteiger partial charge in [0.05, 0.1) is 0 Å². The molecule has 1 N–H and O–H groups in total. The van der Waals surface area contributed by atoms with E-state index in [0.717, 1.165) is 10.9 Å². The molecular weight excluding hydrogens is 310 g/mol. The van der Waals surface area contributed by atoms with E-state index in [4.69, 9.17) is 0 Å². The smallest absolute Gasteiger partial charge is 0.0385 e. The lowest BCUT2D eigenvalue weighted by Gasteiger charge is -2.45. The Kier molecular flexibility index (Phi) is 3.17. The molecule has 1 atom stereocenters. The van der Waals surface area contributed by atoms with Gasteiger partial charge in [-0.1, -0.05) is 53.2 Å². The number of benzene rings is 2. The zero-order valence-electron chi connectivity index (χ0n) is 12.2. The SMILES string of the molecule is CC1(C)CC(C)(c2ccc(Br)cc2)c2ccccc2N1. The van der Waals surface area contributed by atoms with E-state index in [2.05, 4.69) is 90.5 Å². The summed E-state index contributed by atoms with van der Waals surface area (Å²) >= 11 is 3.53. The van der Waals surface area contributed by atoms with Crippen LogP contribution in [0.1, 0.15) is 38.3 Å². The van der Waals surface area contributed by atoms with E-state index >= 15 is 0 Å². The molecule has 2 aromatic carbocycles. The van der Waals surface area contributed by atoms with Gasteiger partial charge in [-0.2, -0.15) is 0 Å². The molecule has 20 heavy (non-hydrogen) atoms. The van der Waals surface area contributed by atoms with Crippen LogP contribution < -0.4 is 5.32 Å². The topological polar surface area (TPSA) is 12.0 Å². The molecule has 0 radical (unpaired) electrons. The van der Waals surface area contributed by atoms with Crippen molar-refractivity contribution in [2.45, 2.75) is 38.1 Å². The summed E-state index contributed by atoms with van der Waals surface area (Å²) in [6, 6.07) is 17.4. The maximum absolute atomic E-state index is 3.66. The lowest BCUT2D eigenvalue weighted by Crippen LogP contribution is -2.45. The Hall–Kier alpha value is -1.28. The Morgan fingerprint density at radius 2 is 1.60 bits per heavy atom. The Labute approximate surface area is 129 Å². The molecule has 0 bridgehead atoms. The number of nitrogens with one attached hydrogen (secondary N) is 1. The van der Waals surface area contributed by atoms with Crippen LogP contribution in [-0.4, -0.2) is 5.54 Å². The van der Waals surface area contributed by atoms with Gasteiger partial charge >= 0.3 is 0 Å². The number of hydrogen-bond donors (Lipinski definition) is 1. The van der Waals surface area contributed by atoms with Gasteiger partial charge in [-0.3, -0.25) is 0 Å². The quantitative estimate of drug-likeness (QED) is 0.743. The van der Waals surface area contributed by atoms with Gasteiger partial charge in [0, 0.05) is 21.1 Å². The predicted octanol–water partition coefficient (Wildman–Crippen LogP) is 5.35. The van der Waals surface area contributed by atoms with Gasteiger partial charge in [0.1, 0.15) is 0 Å². The van der Waals surface area contributed by atoms with Crippen LogP contribution >= 0.6 is 15.9 Å². The summed E-state index contributed by atoms with van der Waals surface area (Å²) in [5.74, 6) is 0. The van der Waals surface area contributed by atoms with Crippen LogP contribution in [0.3, 0.4) is 0 Å². The minimum absolute atomic E-state index is 0.0477. The summed E-state index contributed by atoms with van der Waals surface area (Å²) < 4.78 is 1.13. The van der Waals surface area contributed by atoms with Crippen molar-refractivity contribution < 1.29 is 0 Å². The summed E-state index contributed by atoms with van der Waals surface area (Å²) in [4.78, 5) is 0. The number of rotatable bonds is 1. The predicted molar refractivity (Wildman–Crippen MR) is 89.4 cm³/mol. The van der Waals surface area contributed by atoms with Gasteiger partial charge in [-0.15, -0.1) is 0 Å². The third kappa shape index (κ3) is 2.26. The zero-order valence-corrected chi connectivity index (χ0v) is 13.8. The van der Waals surface area contributed by atoms with Gasteiger partial charge in [0.2, 0.25) is 0 Å². The highest BCUT2D eigenvalue weighted by Crippen LogP contribution is 2.47. The van der Waals surface area contributed by atoms with E-state index in [9.17, 15) is 0 Å². The maximum Gasteiger partial charge on any atom is 0.0385 e. The second-order valence-electron chi connectivity index (χ2n) is 6.57. The van der Waals surface area contributed by atoms with Crippen LogP contribution in [0.4, 0.5) is 5.69 Å². The molecule has 1 aliphatic rings. The van der Waals surface area contributed by atoms with Crippen LogP contribution in [0.15, 0.2) is 53.0 Å². The molecule has 1 nitrogen and oxygen atoms in total. The molecule has 1 unspecified atom stereocenters. The number of hydrogen-bond acceptors (Lipinski definition) is 1. The number of halogens is 1. The first-order chi connectivity index (χ1) is 9.41. The summed E-state index contributed by atoms with van der Waals surface area (Å²) in [5.41, 5.74) is 4.17. The second kappa shape index (κ2) is 4.63. The summed E-state index contributed by atoms with van der Waals surface area (Å²) in [6.07, 6.45) is 1.08. The van der Waals surface area contributed by atoms with E-state index in [0.29, 0.717) is 0 Å². The van der Waals surface area contributed by atoms with Crippen molar-refractivity contribution in [1.29, 1.82) is 0 Å². The lowest BCUT2D eigenvalue weighted by molar-refractivity contribution is 0.378. The fourth-order valence-corrected chi connectivity index (χ4v) is 3.80. The first-order valence-electron chi connectivity index (χ1n) is 7.04. The summed E-state index contributed by atoms with van der Waals surface area (Å²) in [6.45, 7) is 6.91. The minimum Gasteiger partial charge on any atom is -0.380 e. The molecule has 0 fully saturated rings. The van der Waals surface area contributed by atoms with Gasteiger partial charge in [0.25, 0.3) is 0 Å². The van der Waals surface area contributed by atoms with E-state index in [-0.39, 0.29) is 11.0 Å². The average molecular weight is 330 g/mol. The molecule has 2 heteroatoms. The molecule has 1 aliphatic heterocycles. The monoisotopic (exact) mass is 329 g/mol. The highest BCUT2D eigenvalue weighted by atomic mass is 79.9. The highest BCUT2D eigenvalue weighted by Gasteiger charge is 2.41. The van der Waals surface area contributed by atoms with Crippen LogP contribution in [-0.2, 0) is 5.41 Å². The van der Waals surface area contributed by atoms with Crippen molar-refractivity contribution in [2.75, 3.05) is 5.32 Å². The molecule has 2 aromatic rings. The Balaban J connectivity index is 2.18. The first kappa shape index (κ1) is 13.7. The van der Waals surface area contributed by atoms with Crippen molar-refractivity contribution in [3.8, 4) is 0 Å². The van der Waals surface area contributed by atoms with Crippen molar-refractivity contribution >= 4 is 21.6 Å². The van der Waals surface area contributed by atoms with Crippen LogP contribution in [0, 0.1) is 0 Å². The number of para-hydroxylation sites is 1. The average Bonchev–Trinajstić information content (AvgIpc) is 2.38. The second-order valence-corrected chi connectivity index (χ2v) is 7.49. The standard InChI is InChI=1S/C18H20BrN/c1-17(2)12-18(3,13-8-10-14(19)11-9-13)15-6-4-5-7-16(15)20-17/h4-11,20H,12H2,1-3H3. The largest absolute Gasteiger partial charge is 0.380 e. The molecule has 0 saturated carbocycles. The highest BCUT2D eigenvalue weighted by molar-refractivity contribution is 9.10. The van der Waals surface area contributed by atoms with Gasteiger partial charge in [-0.05, 0) is 49.6 Å². The number of fused-ring (bicyclic) bond motifs is 1. The molecule has 0 aliphatic carbocycles. The molecule has 0 saturated heterocycles. The molecule has 0 spiro atoms. The fourth-order valence-electron chi connectivity index (χ4n) is 3.54. The van der Waals surface area contributed by atoms with Crippen LogP contribution in [0.5, 0.6) is 0 Å². The summed E-state index contributed by atoms with van der Waals surface area (Å²) in [5, 5.41) is 3.66. The molecule has 3 rings (SSSR count). The fraction of sp³-hybridized carbons (Fsp3) is 0.333. The molecular formula is C18H20BrN. The van der Waals surface area contributed by atoms with Crippen LogP contribution in [0.2, 0.25) is 0 Å². The lowest BCUT2D eigenvalue weighted by atomic mass is 9.66. The van der Waals surface area contributed by atoms with Crippen molar-refractivity contribution in [1.82, 2.24) is 0 Å². The Morgan fingerprint density at radius 3 is 2.30 bits per heavy atom. The minimum atomic E-state index is 0.0477. The number of anilines is 1. The molecule has 0 aromatic heterocycles. The zero-order chi connectivity index (χ0) is 14.4. The molecule has 1 heterocycles. The van der Waals surface area contributed by atoms with Gasteiger partial charge < -0.3 is 5.32 Å². The van der Waals surface area contributed by atoms with Crippen molar-refractivity contribution in [3.05, 3.63) is 64.1 Å². The van der Waals surface area contributed by atoms with Gasteiger partial charge in [0.15, 0.2) is 0 Å². The molecule has 0 amide bonds. The molecule has 104 valence electrons. The first-order valence-corrected chi connectivity index (χ1v) is 7.84. The normalized spacial score (nSPS) is 23.8. The third-order valence-electron chi connectivity index (χ3n) is 4.27. The van der Waals surface area contributed by atoms with E-state index < -0.39 is 0 Å². The van der Waals surface area contributed by atoms with E-state index in [1.165, 1.54) is 16.8 Å². The van der Waals surface area contributed by atoms with E-state index in [1.54, 1.807) is 0 Å². The van der Waals surface area contributed by atoms with Gasteiger partial charge in [-0.25, -0.2) is 0 Å². The van der Waals surface area contributed by atoms with E-state index in [1.807, 2.05) is 0 Å². The Morgan fingerprint density at radius 1 is 0.950 bits per heavy atom. The van der Waals surface area contributed by atoms with Crippen molar-refractivity contribution in [3.63, 3.8) is 0 Å².